The first kappa shape index (κ1) is 13.8. The highest BCUT2D eigenvalue weighted by molar-refractivity contribution is 9.10. The van der Waals surface area contributed by atoms with Crippen LogP contribution in [0.4, 0.5) is 10.5 Å². The van der Waals surface area contributed by atoms with Crippen molar-refractivity contribution in [1.82, 2.24) is 9.88 Å². The molecule has 1 saturated carbocycles. The minimum Gasteiger partial charge on any atom is -0.379 e. The predicted octanol–water partition coefficient (Wildman–Crippen LogP) is 2.80. The van der Waals surface area contributed by atoms with Crippen LogP contribution in [0.25, 0.3) is 0 Å². The highest BCUT2D eigenvalue weighted by Crippen LogP contribution is 2.47. The van der Waals surface area contributed by atoms with E-state index < -0.39 is 0 Å². The molecule has 2 fully saturated rings. The molecule has 20 heavy (non-hydrogen) atoms. The van der Waals surface area contributed by atoms with E-state index in [9.17, 15) is 4.79 Å². The van der Waals surface area contributed by atoms with Crippen molar-refractivity contribution in [3.63, 3.8) is 0 Å². The first-order chi connectivity index (χ1) is 9.58. The molecule has 2 amide bonds. The molecule has 1 aromatic rings. The molecule has 1 aliphatic heterocycles. The molecule has 0 unspecified atom stereocenters. The molecular weight excluding hydrogens is 322 g/mol. The number of hydrogen-bond acceptors (Lipinski definition) is 3. The third-order valence-corrected chi connectivity index (χ3v) is 4.41. The van der Waals surface area contributed by atoms with E-state index >= 15 is 0 Å². The van der Waals surface area contributed by atoms with E-state index in [1.54, 1.807) is 6.20 Å². The number of carbonyl (C=O) groups excluding carboxylic acids is 1. The summed E-state index contributed by atoms with van der Waals surface area (Å²) in [6, 6.07) is 1.81. The number of nitrogens with zero attached hydrogens (tertiary/aromatic N) is 2. The molecule has 3 rings (SSSR count). The molecule has 1 aromatic heterocycles. The predicted molar refractivity (Wildman–Crippen MR) is 79.8 cm³/mol. The van der Waals surface area contributed by atoms with Crippen LogP contribution in [0.15, 0.2) is 16.7 Å². The summed E-state index contributed by atoms with van der Waals surface area (Å²) in [4.78, 5) is 18.5. The third-order valence-electron chi connectivity index (χ3n) is 3.98. The van der Waals surface area contributed by atoms with Crippen molar-refractivity contribution < 1.29 is 9.53 Å². The lowest BCUT2D eigenvalue weighted by atomic mass is 10.1. The molecule has 1 saturated heterocycles. The number of aromatic nitrogens is 1. The number of urea groups is 1. The van der Waals surface area contributed by atoms with Crippen LogP contribution in [0.5, 0.6) is 0 Å². The standard InChI is InChI=1S/C14H18BrN3O2/c1-10-12(6-11(15)7-16-10)17-13(19)18-4-5-20-9-14(8-18)2-3-14/h6-7H,2-5,8-9H2,1H3,(H,17,19). The van der Waals surface area contributed by atoms with Gasteiger partial charge in [-0.3, -0.25) is 4.98 Å². The molecule has 0 radical (unpaired) electrons. The Morgan fingerprint density at radius 2 is 2.35 bits per heavy atom. The fourth-order valence-corrected chi connectivity index (χ4v) is 2.81. The fourth-order valence-electron chi connectivity index (χ4n) is 2.47. The van der Waals surface area contributed by atoms with Gasteiger partial charge in [-0.1, -0.05) is 0 Å². The number of rotatable bonds is 1. The van der Waals surface area contributed by atoms with Crippen LogP contribution in [0.2, 0.25) is 0 Å². The lowest BCUT2D eigenvalue weighted by Gasteiger charge is -2.24. The second-order valence-corrected chi connectivity index (χ2v) is 6.61. The molecule has 0 atom stereocenters. The summed E-state index contributed by atoms with van der Waals surface area (Å²) in [6.45, 7) is 4.72. The van der Waals surface area contributed by atoms with Crippen LogP contribution < -0.4 is 5.32 Å². The molecule has 2 heterocycles. The fraction of sp³-hybridized carbons (Fsp3) is 0.571. The summed E-state index contributed by atoms with van der Waals surface area (Å²) in [5.74, 6) is 0. The number of ether oxygens (including phenoxy) is 1. The number of hydrogen-bond donors (Lipinski definition) is 1. The maximum Gasteiger partial charge on any atom is 0.321 e. The lowest BCUT2D eigenvalue weighted by Crippen LogP contribution is -2.39. The Hall–Kier alpha value is -1.14. The Morgan fingerprint density at radius 3 is 3.10 bits per heavy atom. The maximum atomic E-state index is 12.4. The minimum atomic E-state index is -0.0650. The second-order valence-electron chi connectivity index (χ2n) is 5.69. The number of pyridine rings is 1. The number of nitrogens with one attached hydrogen (secondary N) is 1. The molecule has 1 N–H and O–H groups in total. The van der Waals surface area contributed by atoms with E-state index in [0.717, 1.165) is 41.8 Å². The van der Waals surface area contributed by atoms with E-state index in [1.165, 1.54) is 0 Å². The number of carbonyl (C=O) groups is 1. The van der Waals surface area contributed by atoms with Gasteiger partial charge in [0.25, 0.3) is 0 Å². The van der Waals surface area contributed by atoms with Crippen molar-refractivity contribution >= 4 is 27.6 Å². The SMILES string of the molecule is Cc1ncc(Br)cc1NC(=O)N1CCOCC2(CC2)C1. The number of aryl methyl sites for hydroxylation is 1. The van der Waals surface area contributed by atoms with Crippen molar-refractivity contribution in [2.75, 3.05) is 31.6 Å². The second kappa shape index (κ2) is 5.33. The number of amides is 2. The summed E-state index contributed by atoms with van der Waals surface area (Å²) < 4.78 is 6.46. The van der Waals surface area contributed by atoms with Crippen LogP contribution in [0.1, 0.15) is 18.5 Å². The van der Waals surface area contributed by atoms with Crippen LogP contribution in [0.3, 0.4) is 0 Å². The van der Waals surface area contributed by atoms with Gasteiger partial charge in [-0.2, -0.15) is 0 Å². The largest absolute Gasteiger partial charge is 0.379 e. The summed E-state index contributed by atoms with van der Waals surface area (Å²) in [7, 11) is 0. The first-order valence-corrected chi connectivity index (χ1v) is 7.63. The Bertz CT molecular complexity index is 531. The van der Waals surface area contributed by atoms with Crippen molar-refractivity contribution in [2.24, 2.45) is 5.41 Å². The Kier molecular flexibility index (Phi) is 3.69. The van der Waals surface area contributed by atoms with Crippen LogP contribution in [0, 0.1) is 12.3 Å². The lowest BCUT2D eigenvalue weighted by molar-refractivity contribution is 0.115. The van der Waals surface area contributed by atoms with Gasteiger partial charge in [-0.25, -0.2) is 4.79 Å². The van der Waals surface area contributed by atoms with E-state index in [0.29, 0.717) is 13.2 Å². The molecule has 6 heteroatoms. The van der Waals surface area contributed by atoms with Crippen molar-refractivity contribution in [1.29, 1.82) is 0 Å². The zero-order valence-corrected chi connectivity index (χ0v) is 13.1. The van der Waals surface area contributed by atoms with E-state index in [1.807, 2.05) is 17.9 Å². The Balaban J connectivity index is 1.70. The summed E-state index contributed by atoms with van der Waals surface area (Å²) in [5, 5.41) is 2.95. The normalized spacial score (nSPS) is 20.6. The number of anilines is 1. The molecule has 1 aliphatic carbocycles. The van der Waals surface area contributed by atoms with E-state index in [2.05, 4.69) is 26.2 Å². The van der Waals surface area contributed by atoms with Gasteiger partial charge in [0.1, 0.15) is 0 Å². The van der Waals surface area contributed by atoms with Gasteiger partial charge in [0.2, 0.25) is 0 Å². The van der Waals surface area contributed by atoms with E-state index in [4.69, 9.17) is 4.74 Å². The maximum absolute atomic E-state index is 12.4. The third kappa shape index (κ3) is 2.96. The monoisotopic (exact) mass is 339 g/mol. The quantitative estimate of drug-likeness (QED) is 0.855. The molecule has 0 bridgehead atoms. The molecule has 2 aliphatic rings. The molecule has 108 valence electrons. The average molecular weight is 340 g/mol. The zero-order valence-electron chi connectivity index (χ0n) is 11.5. The van der Waals surface area contributed by atoms with Gasteiger partial charge >= 0.3 is 6.03 Å². The zero-order chi connectivity index (χ0) is 14.2. The van der Waals surface area contributed by atoms with Gasteiger partial charge in [-0.05, 0) is 41.8 Å². The van der Waals surface area contributed by atoms with Gasteiger partial charge < -0.3 is 15.0 Å². The van der Waals surface area contributed by atoms with Crippen LogP contribution in [-0.4, -0.2) is 42.2 Å². The van der Waals surface area contributed by atoms with Gasteiger partial charge in [0.05, 0.1) is 24.6 Å². The summed E-state index contributed by atoms with van der Waals surface area (Å²) in [5.41, 5.74) is 1.78. The molecule has 1 spiro atoms. The first-order valence-electron chi connectivity index (χ1n) is 6.84. The molecule has 5 nitrogen and oxygen atoms in total. The van der Waals surface area contributed by atoms with Gasteiger partial charge in [0.15, 0.2) is 0 Å². The van der Waals surface area contributed by atoms with Crippen molar-refractivity contribution in [3.05, 3.63) is 22.4 Å². The van der Waals surface area contributed by atoms with Gasteiger partial charge in [0, 0.05) is 29.2 Å². The Morgan fingerprint density at radius 1 is 1.55 bits per heavy atom. The molecule has 0 aromatic carbocycles. The Labute approximate surface area is 126 Å². The smallest absolute Gasteiger partial charge is 0.321 e. The summed E-state index contributed by atoms with van der Waals surface area (Å²) in [6.07, 6.45) is 4.05. The topological polar surface area (TPSA) is 54.5 Å². The van der Waals surface area contributed by atoms with Gasteiger partial charge in [-0.15, -0.1) is 0 Å². The number of halogens is 1. The van der Waals surface area contributed by atoms with Crippen LogP contribution in [-0.2, 0) is 4.74 Å². The minimum absolute atomic E-state index is 0.0650. The highest BCUT2D eigenvalue weighted by atomic mass is 79.9. The van der Waals surface area contributed by atoms with Crippen LogP contribution >= 0.6 is 15.9 Å². The van der Waals surface area contributed by atoms with E-state index in [-0.39, 0.29) is 11.4 Å². The average Bonchev–Trinajstić information content (AvgIpc) is 3.21. The summed E-state index contributed by atoms with van der Waals surface area (Å²) >= 11 is 3.38. The highest BCUT2D eigenvalue weighted by Gasteiger charge is 2.46. The molecular formula is C14H18BrN3O2. The van der Waals surface area contributed by atoms with Crippen molar-refractivity contribution in [2.45, 2.75) is 19.8 Å². The van der Waals surface area contributed by atoms with Crippen molar-refractivity contribution in [3.8, 4) is 0 Å².